The van der Waals surface area contributed by atoms with Crippen molar-refractivity contribution in [3.63, 3.8) is 0 Å². The number of hydrogen-bond acceptors (Lipinski definition) is 6. The van der Waals surface area contributed by atoms with E-state index < -0.39 is 23.2 Å². The summed E-state index contributed by atoms with van der Waals surface area (Å²) in [5.41, 5.74) is 0. The predicted molar refractivity (Wildman–Crippen MR) is 85.8 cm³/mol. The molecule has 2 saturated carbocycles. The molecule has 0 radical (unpaired) electrons. The van der Waals surface area contributed by atoms with Crippen LogP contribution in [0, 0.1) is 5.92 Å². The van der Waals surface area contributed by atoms with Gasteiger partial charge >= 0.3 is 18.2 Å². The number of carbonyl (C=O) groups is 2. The Kier molecular flexibility index (Phi) is 5.32. The number of hydrogen-bond donors (Lipinski definition) is 3. The van der Waals surface area contributed by atoms with E-state index in [2.05, 4.69) is 20.8 Å². The number of anilines is 1. The number of amides is 2. The number of aromatic nitrogens is 2. The van der Waals surface area contributed by atoms with E-state index in [9.17, 15) is 22.8 Å². The lowest BCUT2D eigenvalue weighted by molar-refractivity contribution is -0.140. The van der Waals surface area contributed by atoms with Crippen LogP contribution in [0.4, 0.5) is 23.1 Å². The number of carboxylic acids is 1. The lowest BCUT2D eigenvalue weighted by Crippen LogP contribution is -2.55. The molecular weight excluding hydrogens is 375 g/mol. The maximum atomic E-state index is 12.4. The third-order valence-electron chi connectivity index (χ3n) is 4.38. The summed E-state index contributed by atoms with van der Waals surface area (Å²) in [5.74, 6) is -0.318. The van der Waals surface area contributed by atoms with Crippen molar-refractivity contribution in [2.45, 2.75) is 43.9 Å². The third kappa shape index (κ3) is 5.04. The minimum Gasteiger partial charge on any atom is -0.480 e. The quantitative estimate of drug-likeness (QED) is 0.654. The molecule has 0 saturated heterocycles. The molecule has 1 aromatic rings. The molecule has 0 unspecified atom stereocenters. The molecule has 0 spiro atoms. The standard InChI is InChI=1S/C14H18F3N5O3S/c15-14(16,17)11-20-21-13(26-11)19-12(25)18-8-3-9(4-8)22(6-10(23)24)5-7-1-2-7/h7-9H,1-6H2,(H,23,24)(H2,18,19,21,25). The highest BCUT2D eigenvalue weighted by Gasteiger charge is 2.38. The van der Waals surface area contributed by atoms with Crippen LogP contribution in [0.5, 0.6) is 0 Å². The van der Waals surface area contributed by atoms with Crippen molar-refractivity contribution < 1.29 is 27.9 Å². The summed E-state index contributed by atoms with van der Waals surface area (Å²) in [6.07, 6.45) is -1.14. The number of alkyl halides is 3. The zero-order chi connectivity index (χ0) is 18.9. The van der Waals surface area contributed by atoms with Crippen molar-refractivity contribution in [3.05, 3.63) is 5.01 Å². The highest BCUT2D eigenvalue weighted by molar-refractivity contribution is 7.15. The average Bonchev–Trinajstić information content (AvgIpc) is 3.15. The molecule has 1 aromatic heterocycles. The van der Waals surface area contributed by atoms with Crippen LogP contribution in [0.2, 0.25) is 0 Å². The first-order chi connectivity index (χ1) is 12.2. The number of carbonyl (C=O) groups excluding carboxylic acids is 1. The fraction of sp³-hybridized carbons (Fsp3) is 0.714. The summed E-state index contributed by atoms with van der Waals surface area (Å²) < 4.78 is 37.3. The number of nitrogens with zero attached hydrogens (tertiary/aromatic N) is 3. The normalized spacial score (nSPS) is 22.8. The summed E-state index contributed by atoms with van der Waals surface area (Å²) in [4.78, 5) is 24.7. The Morgan fingerprint density at radius 2 is 1.96 bits per heavy atom. The lowest BCUT2D eigenvalue weighted by atomic mass is 9.85. The summed E-state index contributed by atoms with van der Waals surface area (Å²) in [6.45, 7) is 0.728. The molecule has 0 atom stereocenters. The van der Waals surface area contributed by atoms with Gasteiger partial charge in [0.2, 0.25) is 10.1 Å². The Morgan fingerprint density at radius 3 is 2.50 bits per heavy atom. The Hall–Kier alpha value is -1.95. The zero-order valence-electron chi connectivity index (χ0n) is 13.6. The smallest absolute Gasteiger partial charge is 0.445 e. The Labute approximate surface area is 150 Å². The molecule has 12 heteroatoms. The maximum Gasteiger partial charge on any atom is 0.445 e. The second-order valence-corrected chi connectivity index (χ2v) is 7.57. The van der Waals surface area contributed by atoms with E-state index in [0.29, 0.717) is 18.8 Å². The zero-order valence-corrected chi connectivity index (χ0v) is 14.4. The first-order valence-corrected chi connectivity index (χ1v) is 8.96. The second kappa shape index (κ2) is 7.35. The largest absolute Gasteiger partial charge is 0.480 e. The molecule has 3 rings (SSSR count). The summed E-state index contributed by atoms with van der Waals surface area (Å²) in [5, 5.41) is 18.8. The van der Waals surface area contributed by atoms with Crippen LogP contribution in [-0.4, -0.2) is 57.4 Å². The van der Waals surface area contributed by atoms with Gasteiger partial charge in [0.1, 0.15) is 0 Å². The van der Waals surface area contributed by atoms with Crippen molar-refractivity contribution in [1.29, 1.82) is 0 Å². The summed E-state index contributed by atoms with van der Waals surface area (Å²) in [6, 6.07) is -0.703. The van der Waals surface area contributed by atoms with E-state index in [-0.39, 0.29) is 35.1 Å². The highest BCUT2D eigenvalue weighted by Crippen LogP contribution is 2.34. The summed E-state index contributed by atoms with van der Waals surface area (Å²) in [7, 11) is 0. The van der Waals surface area contributed by atoms with Crippen LogP contribution in [0.3, 0.4) is 0 Å². The molecular formula is C14H18F3N5O3S. The van der Waals surface area contributed by atoms with E-state index in [0.717, 1.165) is 19.4 Å². The topological polar surface area (TPSA) is 107 Å². The highest BCUT2D eigenvalue weighted by atomic mass is 32.1. The molecule has 8 nitrogen and oxygen atoms in total. The van der Waals surface area contributed by atoms with Crippen molar-refractivity contribution in [3.8, 4) is 0 Å². The van der Waals surface area contributed by atoms with Crippen molar-refractivity contribution in [2.24, 2.45) is 5.92 Å². The SMILES string of the molecule is O=C(O)CN(CC1CC1)C1CC(NC(=O)Nc2nnc(C(F)(F)F)s2)C1. The Morgan fingerprint density at radius 1 is 1.27 bits per heavy atom. The number of rotatable bonds is 7. The van der Waals surface area contributed by atoms with Gasteiger partial charge in [-0.3, -0.25) is 15.0 Å². The van der Waals surface area contributed by atoms with Gasteiger partial charge in [-0.2, -0.15) is 13.2 Å². The molecule has 144 valence electrons. The van der Waals surface area contributed by atoms with Crippen LogP contribution < -0.4 is 10.6 Å². The molecule has 1 heterocycles. The van der Waals surface area contributed by atoms with E-state index in [1.807, 2.05) is 4.90 Å². The van der Waals surface area contributed by atoms with Gasteiger partial charge in [0.05, 0.1) is 6.54 Å². The van der Waals surface area contributed by atoms with Crippen LogP contribution in [0.15, 0.2) is 0 Å². The number of carboxylic acid groups (broad SMARTS) is 1. The first kappa shape index (κ1) is 18.8. The Balaban J connectivity index is 1.43. The molecule has 2 aliphatic rings. The molecule has 0 aliphatic heterocycles. The average molecular weight is 393 g/mol. The van der Waals surface area contributed by atoms with Gasteiger partial charge in [-0.15, -0.1) is 10.2 Å². The van der Waals surface area contributed by atoms with E-state index >= 15 is 0 Å². The third-order valence-corrected chi connectivity index (χ3v) is 5.26. The van der Waals surface area contributed by atoms with E-state index in [1.54, 1.807) is 0 Å². The van der Waals surface area contributed by atoms with Crippen LogP contribution in [0.1, 0.15) is 30.7 Å². The minimum absolute atomic E-state index is 0.0227. The maximum absolute atomic E-state index is 12.4. The lowest BCUT2D eigenvalue weighted by Gasteiger charge is -2.42. The molecule has 2 aliphatic carbocycles. The van der Waals surface area contributed by atoms with Gasteiger partial charge in [-0.05, 0) is 31.6 Å². The van der Waals surface area contributed by atoms with Gasteiger partial charge in [-0.1, -0.05) is 11.3 Å². The number of aliphatic carboxylic acids is 1. The van der Waals surface area contributed by atoms with Gasteiger partial charge in [-0.25, -0.2) is 4.79 Å². The summed E-state index contributed by atoms with van der Waals surface area (Å²) >= 11 is 0.254. The molecule has 0 bridgehead atoms. The fourth-order valence-corrected chi connectivity index (χ4v) is 3.47. The van der Waals surface area contributed by atoms with Crippen molar-refractivity contribution in [2.75, 3.05) is 18.4 Å². The molecule has 26 heavy (non-hydrogen) atoms. The van der Waals surface area contributed by atoms with E-state index in [1.165, 1.54) is 0 Å². The predicted octanol–water partition coefficient (Wildman–Crippen LogP) is 2.01. The van der Waals surface area contributed by atoms with Crippen LogP contribution in [0.25, 0.3) is 0 Å². The minimum atomic E-state index is -4.59. The van der Waals surface area contributed by atoms with Crippen LogP contribution in [-0.2, 0) is 11.0 Å². The monoisotopic (exact) mass is 393 g/mol. The van der Waals surface area contributed by atoms with Gasteiger partial charge in [0.15, 0.2) is 0 Å². The molecule has 2 fully saturated rings. The van der Waals surface area contributed by atoms with E-state index in [4.69, 9.17) is 5.11 Å². The van der Waals surface area contributed by atoms with Gasteiger partial charge in [0.25, 0.3) is 0 Å². The Bertz CT molecular complexity index is 673. The number of nitrogens with one attached hydrogen (secondary N) is 2. The molecule has 2 amide bonds. The fourth-order valence-electron chi connectivity index (χ4n) is 2.86. The van der Waals surface area contributed by atoms with Crippen LogP contribution >= 0.6 is 11.3 Å². The van der Waals surface area contributed by atoms with Gasteiger partial charge in [0, 0.05) is 18.6 Å². The van der Waals surface area contributed by atoms with Crippen molar-refractivity contribution in [1.82, 2.24) is 20.4 Å². The van der Waals surface area contributed by atoms with Crippen molar-refractivity contribution >= 4 is 28.5 Å². The number of urea groups is 1. The first-order valence-electron chi connectivity index (χ1n) is 8.14. The second-order valence-electron chi connectivity index (χ2n) is 6.60. The van der Waals surface area contributed by atoms with Gasteiger partial charge < -0.3 is 10.4 Å². The molecule has 0 aromatic carbocycles. The molecule has 3 N–H and O–H groups in total. The number of halogens is 3.